The molecule has 0 spiro atoms. The molecule has 1 aromatic carbocycles. The van der Waals surface area contributed by atoms with Crippen LogP contribution in [0.5, 0.6) is 5.75 Å². The number of nitrogens with zero attached hydrogens (tertiary/aromatic N) is 1. The molecule has 0 bridgehead atoms. The van der Waals surface area contributed by atoms with Crippen molar-refractivity contribution in [2.75, 3.05) is 13.3 Å². The number of nitrogens with two attached hydrogens (primary N) is 1. The highest BCUT2D eigenvalue weighted by Gasteiger charge is 2.24. The topological polar surface area (TPSA) is 113 Å². The minimum atomic E-state index is -4.43. The van der Waals surface area contributed by atoms with E-state index in [1.54, 1.807) is 0 Å². The standard InChI is InChI=1S/C9H10F2N2O5S/c10-2-1-3-18-8-4-6(11)9(19(12,16)17)5-7(8)13(14)15/h4-5H,1-3H2,(H2,12,16,17). The number of rotatable bonds is 6. The van der Waals surface area contributed by atoms with Crippen LogP contribution < -0.4 is 9.88 Å². The fraction of sp³-hybridized carbons (Fsp3) is 0.333. The zero-order chi connectivity index (χ0) is 14.6. The first kappa shape index (κ1) is 15.2. The van der Waals surface area contributed by atoms with Crippen molar-refractivity contribution in [3.05, 3.63) is 28.1 Å². The summed E-state index contributed by atoms with van der Waals surface area (Å²) in [5.74, 6) is -1.76. The predicted molar refractivity (Wildman–Crippen MR) is 60.5 cm³/mol. The van der Waals surface area contributed by atoms with E-state index in [0.29, 0.717) is 12.1 Å². The molecule has 0 aliphatic heterocycles. The van der Waals surface area contributed by atoms with Crippen molar-refractivity contribution in [2.45, 2.75) is 11.3 Å². The smallest absolute Gasteiger partial charge is 0.312 e. The highest BCUT2D eigenvalue weighted by molar-refractivity contribution is 7.89. The molecule has 7 nitrogen and oxygen atoms in total. The zero-order valence-corrected chi connectivity index (χ0v) is 10.3. The summed E-state index contributed by atoms with van der Waals surface area (Å²) in [6, 6.07) is 1.01. The van der Waals surface area contributed by atoms with Crippen LogP contribution in [0.1, 0.15) is 6.42 Å². The van der Waals surface area contributed by atoms with Gasteiger partial charge in [-0.15, -0.1) is 0 Å². The van der Waals surface area contributed by atoms with Gasteiger partial charge in [0.15, 0.2) is 5.75 Å². The molecule has 0 fully saturated rings. The Morgan fingerprint density at radius 3 is 2.53 bits per heavy atom. The van der Waals surface area contributed by atoms with E-state index >= 15 is 0 Å². The van der Waals surface area contributed by atoms with Crippen molar-refractivity contribution in [1.29, 1.82) is 0 Å². The third-order valence-corrected chi connectivity index (χ3v) is 2.98. The Kier molecular flexibility index (Phi) is 4.72. The van der Waals surface area contributed by atoms with Crippen molar-refractivity contribution in [3.8, 4) is 5.75 Å². The quantitative estimate of drug-likeness (QED) is 0.480. The van der Waals surface area contributed by atoms with Crippen LogP contribution in [-0.2, 0) is 10.0 Å². The number of nitro groups is 1. The summed E-state index contributed by atoms with van der Waals surface area (Å²) >= 11 is 0. The third-order valence-electron chi connectivity index (χ3n) is 2.05. The average molecular weight is 296 g/mol. The summed E-state index contributed by atoms with van der Waals surface area (Å²) < 4.78 is 52.2. The van der Waals surface area contributed by atoms with Crippen molar-refractivity contribution in [1.82, 2.24) is 0 Å². The van der Waals surface area contributed by atoms with E-state index in [9.17, 15) is 27.3 Å². The number of ether oxygens (including phenoxy) is 1. The van der Waals surface area contributed by atoms with Crippen LogP contribution in [0.2, 0.25) is 0 Å². The molecule has 0 atom stereocenters. The molecule has 0 saturated carbocycles. The normalized spacial score (nSPS) is 11.3. The summed E-state index contributed by atoms with van der Waals surface area (Å²) in [5.41, 5.74) is -0.760. The van der Waals surface area contributed by atoms with Gasteiger partial charge in [0.2, 0.25) is 10.0 Å². The Hall–Kier alpha value is -1.81. The van der Waals surface area contributed by atoms with Crippen LogP contribution in [0, 0.1) is 15.9 Å². The molecular weight excluding hydrogens is 286 g/mol. The number of hydrogen-bond donors (Lipinski definition) is 1. The summed E-state index contributed by atoms with van der Waals surface area (Å²) in [6.45, 7) is -0.906. The molecule has 0 radical (unpaired) electrons. The molecule has 0 unspecified atom stereocenters. The molecule has 1 rings (SSSR count). The lowest BCUT2D eigenvalue weighted by Crippen LogP contribution is -2.15. The second-order valence-electron chi connectivity index (χ2n) is 3.44. The van der Waals surface area contributed by atoms with Crippen molar-refractivity contribution < 1.29 is 26.9 Å². The van der Waals surface area contributed by atoms with Gasteiger partial charge in [0.25, 0.3) is 0 Å². The van der Waals surface area contributed by atoms with Gasteiger partial charge in [-0.3, -0.25) is 14.5 Å². The molecule has 10 heteroatoms. The largest absolute Gasteiger partial charge is 0.487 e. The first-order valence-corrected chi connectivity index (χ1v) is 6.51. The van der Waals surface area contributed by atoms with Gasteiger partial charge < -0.3 is 4.74 Å². The van der Waals surface area contributed by atoms with Gasteiger partial charge in [-0.25, -0.2) is 17.9 Å². The van der Waals surface area contributed by atoms with Crippen LogP contribution in [0.3, 0.4) is 0 Å². The van der Waals surface area contributed by atoms with Crippen LogP contribution in [0.15, 0.2) is 17.0 Å². The van der Waals surface area contributed by atoms with Gasteiger partial charge in [0, 0.05) is 18.6 Å². The average Bonchev–Trinajstić information content (AvgIpc) is 2.27. The number of primary sulfonamides is 1. The molecule has 0 aromatic heterocycles. The van der Waals surface area contributed by atoms with Gasteiger partial charge >= 0.3 is 5.69 Å². The van der Waals surface area contributed by atoms with Gasteiger partial charge in [0.1, 0.15) is 10.7 Å². The molecular formula is C9H10F2N2O5S. The predicted octanol–water partition coefficient (Wildman–Crippen LogP) is 1.12. The molecule has 2 N–H and O–H groups in total. The van der Waals surface area contributed by atoms with E-state index in [-0.39, 0.29) is 13.0 Å². The van der Waals surface area contributed by atoms with E-state index < -0.39 is 43.8 Å². The lowest BCUT2D eigenvalue weighted by molar-refractivity contribution is -0.386. The maximum absolute atomic E-state index is 13.5. The van der Waals surface area contributed by atoms with Crippen molar-refractivity contribution >= 4 is 15.7 Å². The number of sulfonamides is 1. The summed E-state index contributed by atoms with van der Waals surface area (Å²) in [7, 11) is -4.43. The first-order chi connectivity index (χ1) is 8.77. The maximum atomic E-state index is 13.5. The lowest BCUT2D eigenvalue weighted by Gasteiger charge is -2.07. The Labute approximate surface area is 107 Å². The second kappa shape index (κ2) is 5.89. The van der Waals surface area contributed by atoms with Crippen LogP contribution >= 0.6 is 0 Å². The minimum absolute atomic E-state index is 0.0320. The lowest BCUT2D eigenvalue weighted by atomic mass is 10.3. The Balaban J connectivity index is 3.26. The second-order valence-corrected chi connectivity index (χ2v) is 4.97. The van der Waals surface area contributed by atoms with Crippen molar-refractivity contribution in [2.24, 2.45) is 5.14 Å². The van der Waals surface area contributed by atoms with Gasteiger partial charge in [-0.1, -0.05) is 0 Å². The summed E-state index contributed by atoms with van der Waals surface area (Å²) in [4.78, 5) is 8.79. The molecule has 1 aromatic rings. The summed E-state index contributed by atoms with van der Waals surface area (Å²) in [5, 5.41) is 15.5. The van der Waals surface area contributed by atoms with Crippen LogP contribution in [0.25, 0.3) is 0 Å². The van der Waals surface area contributed by atoms with Crippen molar-refractivity contribution in [3.63, 3.8) is 0 Å². The third kappa shape index (κ3) is 3.83. The van der Waals surface area contributed by atoms with E-state index in [2.05, 4.69) is 0 Å². The number of benzene rings is 1. The fourth-order valence-electron chi connectivity index (χ4n) is 1.24. The highest BCUT2D eigenvalue weighted by atomic mass is 32.2. The van der Waals surface area contributed by atoms with E-state index in [1.807, 2.05) is 0 Å². The van der Waals surface area contributed by atoms with E-state index in [0.717, 1.165) is 0 Å². The Morgan fingerprint density at radius 2 is 2.05 bits per heavy atom. The summed E-state index contributed by atoms with van der Waals surface area (Å²) in [6.07, 6.45) is -0.0320. The molecule has 0 aliphatic rings. The highest BCUT2D eigenvalue weighted by Crippen LogP contribution is 2.31. The van der Waals surface area contributed by atoms with Gasteiger partial charge in [0.05, 0.1) is 18.2 Å². The molecule has 19 heavy (non-hydrogen) atoms. The molecule has 0 aliphatic carbocycles. The maximum Gasteiger partial charge on any atom is 0.312 e. The zero-order valence-electron chi connectivity index (χ0n) is 9.51. The number of hydrogen-bond acceptors (Lipinski definition) is 5. The minimum Gasteiger partial charge on any atom is -0.487 e. The number of halogens is 2. The van der Waals surface area contributed by atoms with Gasteiger partial charge in [-0.05, 0) is 0 Å². The van der Waals surface area contributed by atoms with Gasteiger partial charge in [-0.2, -0.15) is 0 Å². The van der Waals surface area contributed by atoms with Crippen LogP contribution in [0.4, 0.5) is 14.5 Å². The number of nitro benzene ring substituents is 1. The monoisotopic (exact) mass is 296 g/mol. The first-order valence-electron chi connectivity index (χ1n) is 4.97. The fourth-order valence-corrected chi connectivity index (χ4v) is 1.84. The van der Waals surface area contributed by atoms with E-state index in [4.69, 9.17) is 9.88 Å². The molecule has 106 valence electrons. The molecule has 0 heterocycles. The Morgan fingerprint density at radius 1 is 1.42 bits per heavy atom. The Bertz CT molecular complexity index is 591. The molecule has 0 amide bonds. The number of alkyl halides is 1. The molecule has 0 saturated heterocycles. The van der Waals surface area contributed by atoms with Crippen LogP contribution in [-0.4, -0.2) is 26.6 Å². The SMILES string of the molecule is NS(=O)(=O)c1cc([N+](=O)[O-])c(OCCCF)cc1F. The van der Waals surface area contributed by atoms with E-state index in [1.165, 1.54) is 0 Å².